The molecule has 2 heterocycles. The molecule has 0 radical (unpaired) electrons. The van der Waals surface area contributed by atoms with E-state index in [9.17, 15) is 50.4 Å². The van der Waals surface area contributed by atoms with Gasteiger partial charge in [-0.3, -0.25) is 9.59 Å². The summed E-state index contributed by atoms with van der Waals surface area (Å²) in [6.07, 6.45) is -3.79. The Morgan fingerprint density at radius 1 is 0.475 bits per heavy atom. The van der Waals surface area contributed by atoms with Gasteiger partial charge in [0.15, 0.2) is 12.5 Å². The van der Waals surface area contributed by atoms with Gasteiger partial charge in [0, 0.05) is 12.8 Å². The van der Waals surface area contributed by atoms with Gasteiger partial charge in [-0.15, -0.1) is 0 Å². The highest BCUT2D eigenvalue weighted by atomic mass is 16.6. The van der Waals surface area contributed by atoms with Crippen LogP contribution in [0.2, 0.25) is 0 Å². The Hall–Kier alpha value is -1.46. The molecule has 234 valence electrons. The minimum absolute atomic E-state index is 0.235. The summed E-state index contributed by atoms with van der Waals surface area (Å²) >= 11 is 0. The number of hydrogen-bond acceptors (Lipinski definition) is 12. The Balaban J connectivity index is 1.43. The van der Waals surface area contributed by atoms with Crippen LogP contribution in [0.25, 0.3) is 0 Å². The largest absolute Gasteiger partial charge is 0.394 e. The van der Waals surface area contributed by atoms with Gasteiger partial charge in [0.05, 0.1) is 13.2 Å². The third kappa shape index (κ3) is 10.7. The zero-order chi connectivity index (χ0) is 29.7. The first kappa shape index (κ1) is 34.7. The van der Waals surface area contributed by atoms with Gasteiger partial charge >= 0.3 is 0 Å². The van der Waals surface area contributed by atoms with Crippen molar-refractivity contribution in [1.82, 2.24) is 10.6 Å². The second-order valence-corrected chi connectivity index (χ2v) is 10.7. The molecule has 40 heavy (non-hydrogen) atoms. The lowest BCUT2D eigenvalue weighted by atomic mass is 9.98. The molecule has 2 rings (SSSR count). The van der Waals surface area contributed by atoms with E-state index in [1.165, 1.54) is 0 Å². The van der Waals surface area contributed by atoms with Gasteiger partial charge in [-0.25, -0.2) is 0 Å². The molecule has 0 aromatic carbocycles. The summed E-state index contributed by atoms with van der Waals surface area (Å²) in [6, 6.07) is 0. The van der Waals surface area contributed by atoms with Crippen LogP contribution in [0.3, 0.4) is 0 Å². The summed E-state index contributed by atoms with van der Waals surface area (Å²) < 4.78 is 10.5. The molecule has 0 aliphatic carbocycles. The van der Waals surface area contributed by atoms with Crippen molar-refractivity contribution < 1.29 is 59.9 Å². The SMILES string of the molecule is O=C(CCCCCCCCCCCCC(=O)NC1O[C@H](CO)[C@@H](O)[C@H](O)[C@H]1O)NC1O[C@H](CO)[C@@H](O)[C@H](O)[C@H]1O. The number of nitrogens with one attached hydrogen (secondary N) is 2. The molecule has 2 unspecified atom stereocenters. The van der Waals surface area contributed by atoms with Gasteiger partial charge in [-0.05, 0) is 12.8 Å². The van der Waals surface area contributed by atoms with E-state index >= 15 is 0 Å². The number of rotatable bonds is 17. The fourth-order valence-corrected chi connectivity index (χ4v) is 4.89. The molecule has 2 aliphatic rings. The maximum absolute atomic E-state index is 12.1. The van der Waals surface area contributed by atoms with Crippen molar-refractivity contribution >= 4 is 11.8 Å². The van der Waals surface area contributed by atoms with Crippen molar-refractivity contribution in [2.24, 2.45) is 0 Å². The molecule has 0 aromatic heterocycles. The summed E-state index contributed by atoms with van der Waals surface area (Å²) in [7, 11) is 0. The van der Waals surface area contributed by atoms with E-state index in [1.54, 1.807) is 0 Å². The number of amides is 2. The molecule has 14 nitrogen and oxygen atoms in total. The lowest BCUT2D eigenvalue weighted by Gasteiger charge is -2.40. The molecule has 0 spiro atoms. The van der Waals surface area contributed by atoms with Crippen LogP contribution in [0, 0.1) is 0 Å². The summed E-state index contributed by atoms with van der Waals surface area (Å²) in [5, 5.41) is 82.5. The minimum atomic E-state index is -1.53. The van der Waals surface area contributed by atoms with E-state index in [1.807, 2.05) is 0 Å². The minimum Gasteiger partial charge on any atom is -0.394 e. The van der Waals surface area contributed by atoms with E-state index in [-0.39, 0.29) is 24.7 Å². The fourth-order valence-electron chi connectivity index (χ4n) is 4.89. The van der Waals surface area contributed by atoms with Gasteiger partial charge in [0.1, 0.15) is 48.8 Å². The average molecular weight is 581 g/mol. The van der Waals surface area contributed by atoms with Gasteiger partial charge < -0.3 is 61.0 Å². The summed E-state index contributed by atoms with van der Waals surface area (Å²) in [4.78, 5) is 24.3. The number of hydrogen-bond donors (Lipinski definition) is 10. The highest BCUT2D eigenvalue weighted by Gasteiger charge is 2.45. The van der Waals surface area contributed by atoms with Crippen LogP contribution in [-0.2, 0) is 19.1 Å². The second kappa shape index (κ2) is 18.2. The number of aliphatic hydroxyl groups excluding tert-OH is 8. The monoisotopic (exact) mass is 580 g/mol. The van der Waals surface area contributed by atoms with E-state index in [4.69, 9.17) is 9.47 Å². The first-order valence-corrected chi connectivity index (χ1v) is 14.3. The van der Waals surface area contributed by atoms with Crippen LogP contribution >= 0.6 is 0 Å². The van der Waals surface area contributed by atoms with Crippen LogP contribution in [0.1, 0.15) is 77.0 Å². The highest BCUT2D eigenvalue weighted by Crippen LogP contribution is 2.21. The quantitative estimate of drug-likeness (QED) is 0.0804. The molecule has 14 heteroatoms. The Kier molecular flexibility index (Phi) is 15.8. The average Bonchev–Trinajstić information content (AvgIpc) is 2.94. The van der Waals surface area contributed by atoms with Gasteiger partial charge in [-0.1, -0.05) is 51.4 Å². The second-order valence-electron chi connectivity index (χ2n) is 10.7. The third-order valence-corrected chi connectivity index (χ3v) is 7.45. The zero-order valence-corrected chi connectivity index (χ0v) is 22.9. The highest BCUT2D eigenvalue weighted by molar-refractivity contribution is 5.76. The molecule has 10 atom stereocenters. The molecule has 2 aliphatic heterocycles. The molecule has 2 amide bonds. The lowest BCUT2D eigenvalue weighted by Crippen LogP contribution is -2.63. The van der Waals surface area contributed by atoms with Gasteiger partial charge in [0.25, 0.3) is 0 Å². The zero-order valence-electron chi connectivity index (χ0n) is 22.9. The Labute approximate surface area is 234 Å². The molecule has 0 aromatic rings. The first-order chi connectivity index (χ1) is 19.1. The molecule has 2 saturated heterocycles. The standard InChI is InChI=1S/C26H48N2O12/c29-13-15-19(33)21(35)23(37)25(39-15)27-17(31)11-9-7-5-3-1-2-4-6-8-10-12-18(32)28-26-24(38)22(36)20(34)16(14-30)40-26/h15-16,19-26,29-30,33-38H,1-14H2,(H,27,31)(H,28,32)/t15-,16-,19-,20-,21+,22+,23-,24-,25?,26?/m1/s1. The van der Waals surface area contributed by atoms with Crippen LogP contribution in [0.5, 0.6) is 0 Å². The predicted octanol–water partition coefficient (Wildman–Crippen LogP) is -2.50. The Bertz CT molecular complexity index is 682. The number of aliphatic hydroxyl groups is 8. The maximum atomic E-state index is 12.1. The van der Waals surface area contributed by atoms with Crippen LogP contribution in [-0.4, -0.2) is 127 Å². The first-order valence-electron chi connectivity index (χ1n) is 14.3. The molecule has 10 N–H and O–H groups in total. The van der Waals surface area contributed by atoms with E-state index in [2.05, 4.69) is 10.6 Å². The van der Waals surface area contributed by atoms with Crippen molar-refractivity contribution in [3.05, 3.63) is 0 Å². The third-order valence-electron chi connectivity index (χ3n) is 7.45. The smallest absolute Gasteiger partial charge is 0.222 e. The van der Waals surface area contributed by atoms with Crippen molar-refractivity contribution in [3.63, 3.8) is 0 Å². The van der Waals surface area contributed by atoms with E-state index in [0.29, 0.717) is 12.8 Å². The topological polar surface area (TPSA) is 238 Å². The van der Waals surface area contributed by atoms with Crippen molar-refractivity contribution in [1.29, 1.82) is 0 Å². The molecule has 0 saturated carbocycles. The summed E-state index contributed by atoms with van der Waals surface area (Å²) in [5.74, 6) is -0.683. The van der Waals surface area contributed by atoms with Crippen molar-refractivity contribution in [2.45, 2.75) is 138 Å². The maximum Gasteiger partial charge on any atom is 0.222 e. The number of ether oxygens (including phenoxy) is 2. The van der Waals surface area contributed by atoms with Gasteiger partial charge in [0.2, 0.25) is 11.8 Å². The van der Waals surface area contributed by atoms with E-state index in [0.717, 1.165) is 51.4 Å². The molecule has 0 bridgehead atoms. The Morgan fingerprint density at radius 2 is 0.775 bits per heavy atom. The number of carbonyl (C=O) groups is 2. The van der Waals surface area contributed by atoms with Crippen LogP contribution < -0.4 is 10.6 Å². The summed E-state index contributed by atoms with van der Waals surface area (Å²) in [5.41, 5.74) is 0. The summed E-state index contributed by atoms with van der Waals surface area (Å²) in [6.45, 7) is -1.11. The fraction of sp³-hybridized carbons (Fsp3) is 0.923. The van der Waals surface area contributed by atoms with Crippen LogP contribution in [0.15, 0.2) is 0 Å². The van der Waals surface area contributed by atoms with Gasteiger partial charge in [-0.2, -0.15) is 0 Å². The van der Waals surface area contributed by atoms with E-state index < -0.39 is 74.5 Å². The molecular weight excluding hydrogens is 532 g/mol. The predicted molar refractivity (Wildman–Crippen MR) is 139 cm³/mol. The lowest BCUT2D eigenvalue weighted by molar-refractivity contribution is -0.236. The number of carbonyl (C=O) groups excluding carboxylic acids is 2. The normalized spacial score (nSPS) is 34.4. The number of unbranched alkanes of at least 4 members (excludes halogenated alkanes) is 9. The molecule has 2 fully saturated rings. The Morgan fingerprint density at radius 3 is 1.07 bits per heavy atom. The van der Waals surface area contributed by atoms with Crippen molar-refractivity contribution in [3.8, 4) is 0 Å². The van der Waals surface area contributed by atoms with Crippen LogP contribution in [0.4, 0.5) is 0 Å². The van der Waals surface area contributed by atoms with Crippen molar-refractivity contribution in [2.75, 3.05) is 13.2 Å². The molecular formula is C26H48N2O12.